The molecular weight excluding hydrogens is 515 g/mol. The van der Waals surface area contributed by atoms with Gasteiger partial charge in [-0.1, -0.05) is 34.8 Å². The molecule has 0 aliphatic carbocycles. The SMILES string of the molecule is CCOc1cc(/C=N/NC(=O)C(C)Oc2ccc(Cl)cc2)ccc1OC(=O)c1ccc(Cl)cc1Cl. The van der Waals surface area contributed by atoms with Gasteiger partial charge in [-0.15, -0.1) is 0 Å². The van der Waals surface area contributed by atoms with Crippen LogP contribution in [0, 0.1) is 0 Å². The fourth-order valence-corrected chi connectivity index (χ4v) is 3.41. The largest absolute Gasteiger partial charge is 0.490 e. The molecule has 10 heteroatoms. The molecule has 0 saturated heterocycles. The average Bonchev–Trinajstić information content (AvgIpc) is 2.82. The molecule has 182 valence electrons. The summed E-state index contributed by atoms with van der Waals surface area (Å²) in [5, 5.41) is 5.11. The monoisotopic (exact) mass is 534 g/mol. The molecular formula is C25H21Cl3N2O5. The summed E-state index contributed by atoms with van der Waals surface area (Å²) in [4.78, 5) is 24.8. The summed E-state index contributed by atoms with van der Waals surface area (Å²) < 4.78 is 16.6. The summed E-state index contributed by atoms with van der Waals surface area (Å²) in [5.41, 5.74) is 3.19. The predicted molar refractivity (Wildman–Crippen MR) is 136 cm³/mol. The molecule has 0 spiro atoms. The first-order chi connectivity index (χ1) is 16.8. The average molecular weight is 536 g/mol. The minimum absolute atomic E-state index is 0.168. The highest BCUT2D eigenvalue weighted by atomic mass is 35.5. The first kappa shape index (κ1) is 26.3. The van der Waals surface area contributed by atoms with Crippen molar-refractivity contribution in [3.05, 3.63) is 86.9 Å². The van der Waals surface area contributed by atoms with Crippen molar-refractivity contribution in [2.24, 2.45) is 5.10 Å². The van der Waals surface area contributed by atoms with E-state index < -0.39 is 18.0 Å². The number of hydrazone groups is 1. The van der Waals surface area contributed by atoms with E-state index in [-0.39, 0.29) is 16.3 Å². The molecule has 3 aromatic carbocycles. The number of rotatable bonds is 9. The van der Waals surface area contributed by atoms with Crippen molar-refractivity contribution in [2.75, 3.05) is 6.61 Å². The number of hydrogen-bond donors (Lipinski definition) is 1. The van der Waals surface area contributed by atoms with E-state index in [2.05, 4.69) is 10.5 Å². The van der Waals surface area contributed by atoms with Crippen molar-refractivity contribution in [2.45, 2.75) is 20.0 Å². The molecule has 0 aromatic heterocycles. The minimum atomic E-state index is -0.784. The van der Waals surface area contributed by atoms with Crippen LogP contribution in [0.15, 0.2) is 65.8 Å². The molecule has 1 N–H and O–H groups in total. The molecule has 0 saturated carbocycles. The fraction of sp³-hybridized carbons (Fsp3) is 0.160. The normalized spacial score (nSPS) is 11.7. The molecule has 0 heterocycles. The van der Waals surface area contributed by atoms with E-state index in [4.69, 9.17) is 49.0 Å². The highest BCUT2D eigenvalue weighted by Crippen LogP contribution is 2.30. The number of nitrogens with zero attached hydrogens (tertiary/aromatic N) is 1. The Labute approximate surface area is 217 Å². The topological polar surface area (TPSA) is 86.2 Å². The maximum atomic E-state index is 12.5. The van der Waals surface area contributed by atoms with Crippen molar-refractivity contribution >= 4 is 52.9 Å². The Morgan fingerprint density at radius 1 is 0.971 bits per heavy atom. The molecule has 35 heavy (non-hydrogen) atoms. The zero-order chi connectivity index (χ0) is 25.4. The van der Waals surface area contributed by atoms with Gasteiger partial charge in [-0.3, -0.25) is 4.79 Å². The molecule has 7 nitrogen and oxygen atoms in total. The van der Waals surface area contributed by atoms with E-state index in [0.717, 1.165) is 0 Å². The lowest BCUT2D eigenvalue weighted by atomic mass is 10.2. The van der Waals surface area contributed by atoms with Gasteiger partial charge in [0.2, 0.25) is 0 Å². The Morgan fingerprint density at radius 2 is 1.69 bits per heavy atom. The summed E-state index contributed by atoms with van der Waals surface area (Å²) in [6, 6.07) is 16.0. The molecule has 3 rings (SSSR count). The lowest BCUT2D eigenvalue weighted by molar-refractivity contribution is -0.127. The van der Waals surface area contributed by atoms with Gasteiger partial charge in [0.05, 0.1) is 23.4 Å². The van der Waals surface area contributed by atoms with Gasteiger partial charge in [0, 0.05) is 10.0 Å². The van der Waals surface area contributed by atoms with Gasteiger partial charge in [-0.2, -0.15) is 5.10 Å². The summed E-state index contributed by atoms with van der Waals surface area (Å²) >= 11 is 17.8. The third kappa shape index (κ3) is 7.62. The van der Waals surface area contributed by atoms with Crippen LogP contribution in [0.25, 0.3) is 0 Å². The van der Waals surface area contributed by atoms with Crippen molar-refractivity contribution in [3.8, 4) is 17.2 Å². The summed E-state index contributed by atoms with van der Waals surface area (Å²) in [6.45, 7) is 3.73. The lowest BCUT2D eigenvalue weighted by Crippen LogP contribution is -2.33. The van der Waals surface area contributed by atoms with Crippen LogP contribution < -0.4 is 19.6 Å². The summed E-state index contributed by atoms with van der Waals surface area (Å²) in [6.07, 6.45) is 0.644. The molecule has 0 fully saturated rings. The van der Waals surface area contributed by atoms with Crippen LogP contribution in [0.4, 0.5) is 0 Å². The fourth-order valence-electron chi connectivity index (χ4n) is 2.80. The number of amides is 1. The molecule has 0 radical (unpaired) electrons. The Bertz CT molecular complexity index is 1230. The van der Waals surface area contributed by atoms with E-state index in [9.17, 15) is 9.59 Å². The molecule has 3 aromatic rings. The van der Waals surface area contributed by atoms with Gasteiger partial charge in [0.15, 0.2) is 17.6 Å². The quantitative estimate of drug-likeness (QED) is 0.153. The summed E-state index contributed by atoms with van der Waals surface area (Å²) in [5.74, 6) is -0.0651. The maximum absolute atomic E-state index is 12.5. The second-order valence-electron chi connectivity index (χ2n) is 7.10. The second-order valence-corrected chi connectivity index (χ2v) is 8.38. The van der Waals surface area contributed by atoms with Crippen molar-refractivity contribution in [1.29, 1.82) is 0 Å². The molecule has 1 atom stereocenters. The van der Waals surface area contributed by atoms with Crippen LogP contribution in [0.3, 0.4) is 0 Å². The number of carbonyl (C=O) groups is 2. The van der Waals surface area contributed by atoms with Gasteiger partial charge in [0.25, 0.3) is 5.91 Å². The molecule has 0 aliphatic rings. The smallest absolute Gasteiger partial charge is 0.345 e. The van der Waals surface area contributed by atoms with Gasteiger partial charge in [-0.05, 0) is 80.1 Å². The van der Waals surface area contributed by atoms with E-state index in [1.54, 1.807) is 62.4 Å². The molecule has 0 bridgehead atoms. The third-order valence-corrected chi connectivity index (χ3v) is 5.31. The highest BCUT2D eigenvalue weighted by molar-refractivity contribution is 6.36. The van der Waals surface area contributed by atoms with Crippen LogP contribution in [0.1, 0.15) is 29.8 Å². The van der Waals surface area contributed by atoms with Crippen LogP contribution in [0.5, 0.6) is 17.2 Å². The van der Waals surface area contributed by atoms with Crippen LogP contribution in [0.2, 0.25) is 15.1 Å². The highest BCUT2D eigenvalue weighted by Gasteiger charge is 2.17. The first-order valence-electron chi connectivity index (χ1n) is 10.5. The second kappa shape index (κ2) is 12.4. The lowest BCUT2D eigenvalue weighted by Gasteiger charge is -2.13. The Balaban J connectivity index is 1.64. The Kier molecular flexibility index (Phi) is 9.37. The van der Waals surface area contributed by atoms with Crippen molar-refractivity contribution < 1.29 is 23.8 Å². The number of benzene rings is 3. The molecule has 1 unspecified atom stereocenters. The summed E-state index contributed by atoms with van der Waals surface area (Å²) in [7, 11) is 0. The molecule has 0 aliphatic heterocycles. The Hall–Kier alpha value is -3.26. The van der Waals surface area contributed by atoms with Gasteiger partial charge in [0.1, 0.15) is 5.75 Å². The van der Waals surface area contributed by atoms with E-state index >= 15 is 0 Å². The Morgan fingerprint density at radius 3 is 2.37 bits per heavy atom. The van der Waals surface area contributed by atoms with Crippen molar-refractivity contribution in [3.63, 3.8) is 0 Å². The van der Waals surface area contributed by atoms with E-state index in [0.29, 0.717) is 33.7 Å². The number of hydrogen-bond acceptors (Lipinski definition) is 6. The standard InChI is InChI=1S/C25H21Cl3N2O5/c1-3-33-23-12-16(4-11-22(23)35-25(32)20-10-7-18(27)13-21(20)28)14-29-30-24(31)15(2)34-19-8-5-17(26)6-9-19/h4-15H,3H2,1-2H3,(H,30,31)/b29-14+. The van der Waals surface area contributed by atoms with Crippen LogP contribution in [-0.2, 0) is 4.79 Å². The van der Waals surface area contributed by atoms with E-state index in [1.165, 1.54) is 18.3 Å². The van der Waals surface area contributed by atoms with Crippen LogP contribution in [-0.4, -0.2) is 30.8 Å². The number of ether oxygens (including phenoxy) is 3. The van der Waals surface area contributed by atoms with Gasteiger partial charge in [-0.25, -0.2) is 10.2 Å². The minimum Gasteiger partial charge on any atom is -0.490 e. The van der Waals surface area contributed by atoms with Crippen molar-refractivity contribution in [1.82, 2.24) is 5.43 Å². The maximum Gasteiger partial charge on any atom is 0.345 e. The van der Waals surface area contributed by atoms with Crippen LogP contribution >= 0.6 is 34.8 Å². The zero-order valence-corrected chi connectivity index (χ0v) is 21.0. The predicted octanol–water partition coefficient (Wildman–Crippen LogP) is 6.18. The molecule has 1 amide bonds. The third-order valence-electron chi connectivity index (χ3n) is 4.51. The van der Waals surface area contributed by atoms with E-state index in [1.807, 2.05) is 0 Å². The number of halogens is 3. The number of nitrogens with one attached hydrogen (secondary N) is 1. The zero-order valence-electron chi connectivity index (χ0n) is 18.8. The van der Waals surface area contributed by atoms with Gasteiger partial charge >= 0.3 is 5.97 Å². The number of carbonyl (C=O) groups excluding carboxylic acids is 2. The first-order valence-corrected chi connectivity index (χ1v) is 11.6. The number of esters is 1. The van der Waals surface area contributed by atoms with Gasteiger partial charge < -0.3 is 14.2 Å².